The second-order valence-electron chi connectivity index (χ2n) is 12.8. The summed E-state index contributed by atoms with van der Waals surface area (Å²) >= 11 is 1.46. The molecular weight excluding hydrogens is 580 g/mol. The van der Waals surface area contributed by atoms with Crippen molar-refractivity contribution in [1.29, 1.82) is 0 Å². The molecule has 240 valence electrons. The van der Waals surface area contributed by atoms with Crippen molar-refractivity contribution in [2.45, 2.75) is 102 Å². The third kappa shape index (κ3) is 9.99. The van der Waals surface area contributed by atoms with Crippen LogP contribution in [0.1, 0.15) is 64.7 Å². The lowest BCUT2D eigenvalue weighted by Crippen LogP contribution is -2.58. The topological polar surface area (TPSA) is 137 Å². The zero-order chi connectivity index (χ0) is 32.7. The van der Waals surface area contributed by atoms with Gasteiger partial charge in [-0.15, -0.1) is 11.8 Å². The van der Waals surface area contributed by atoms with Crippen molar-refractivity contribution in [1.82, 2.24) is 20.9 Å². The van der Waals surface area contributed by atoms with E-state index < -0.39 is 52.5 Å². The molecule has 1 heterocycles. The van der Waals surface area contributed by atoms with Gasteiger partial charge in [-0.2, -0.15) is 0 Å². The Balaban J connectivity index is 1.74. The first-order valence-electron chi connectivity index (χ1n) is 14.8. The van der Waals surface area contributed by atoms with E-state index in [-0.39, 0.29) is 24.6 Å². The summed E-state index contributed by atoms with van der Waals surface area (Å²) in [4.78, 5) is 54.0. The van der Waals surface area contributed by atoms with Crippen molar-refractivity contribution in [2.24, 2.45) is 0 Å². The maximum atomic E-state index is 13.8. The minimum atomic E-state index is -1.62. The van der Waals surface area contributed by atoms with Gasteiger partial charge in [-0.05, 0) is 71.6 Å². The number of hydrogen-bond acceptors (Lipinski definition) is 7. The molecule has 0 aromatic heterocycles. The maximum Gasteiger partial charge on any atom is 0.407 e. The van der Waals surface area contributed by atoms with E-state index in [1.165, 1.54) is 16.7 Å². The smallest absolute Gasteiger partial charge is 0.407 e. The number of carbonyl (C=O) groups excluding carboxylic acids is 4. The quantitative estimate of drug-likeness (QED) is 0.299. The minimum Gasteiger partial charge on any atom is -0.444 e. The highest BCUT2D eigenvalue weighted by molar-refractivity contribution is 8.00. The van der Waals surface area contributed by atoms with Crippen LogP contribution in [0.2, 0.25) is 0 Å². The molecule has 4 atom stereocenters. The van der Waals surface area contributed by atoms with Crippen molar-refractivity contribution in [3.05, 3.63) is 71.3 Å². The Hall–Kier alpha value is -3.57. The molecule has 0 aliphatic carbocycles. The van der Waals surface area contributed by atoms with Gasteiger partial charge < -0.3 is 30.7 Å². The summed E-state index contributed by atoms with van der Waals surface area (Å²) in [7, 11) is 0. The molecule has 3 rings (SSSR count). The monoisotopic (exact) mass is 626 g/mol. The number of hydrogen-bond donors (Lipinski definition) is 4. The molecule has 1 saturated heterocycles. The van der Waals surface area contributed by atoms with Gasteiger partial charge in [0, 0.05) is 23.8 Å². The van der Waals surface area contributed by atoms with Crippen LogP contribution in [-0.4, -0.2) is 74.3 Å². The number of ether oxygens (including phenoxy) is 1. The van der Waals surface area contributed by atoms with Crippen LogP contribution in [0.25, 0.3) is 0 Å². The second kappa shape index (κ2) is 14.9. The van der Waals surface area contributed by atoms with Crippen molar-refractivity contribution < 1.29 is 29.0 Å². The van der Waals surface area contributed by atoms with Crippen molar-refractivity contribution in [3.63, 3.8) is 0 Å². The van der Waals surface area contributed by atoms with Crippen LogP contribution in [0.3, 0.4) is 0 Å². The summed E-state index contributed by atoms with van der Waals surface area (Å²) in [5.74, 6) is -1.19. The van der Waals surface area contributed by atoms with E-state index in [0.29, 0.717) is 6.54 Å². The van der Waals surface area contributed by atoms with E-state index >= 15 is 0 Å². The van der Waals surface area contributed by atoms with Crippen molar-refractivity contribution in [3.8, 4) is 0 Å². The average Bonchev–Trinajstić information content (AvgIpc) is 3.25. The van der Waals surface area contributed by atoms with Crippen LogP contribution in [0.5, 0.6) is 0 Å². The first-order valence-corrected chi connectivity index (χ1v) is 15.8. The van der Waals surface area contributed by atoms with E-state index in [4.69, 9.17) is 4.74 Å². The first kappa shape index (κ1) is 34.9. The number of alkyl carbamates (subject to hydrolysis) is 1. The van der Waals surface area contributed by atoms with Crippen LogP contribution >= 0.6 is 11.8 Å². The Bertz CT molecular complexity index is 1310. The minimum absolute atomic E-state index is 0.0953. The molecule has 1 aliphatic heterocycles. The van der Waals surface area contributed by atoms with Crippen LogP contribution in [-0.2, 0) is 32.1 Å². The fourth-order valence-corrected chi connectivity index (χ4v) is 6.20. The lowest BCUT2D eigenvalue weighted by atomic mass is 9.97. The van der Waals surface area contributed by atoms with Gasteiger partial charge in [0.05, 0.1) is 11.9 Å². The number of aryl methyl sites for hydroxylation is 1. The SMILES string of the molecule is Cc1ccccc1CNC(=O)[C@H]1N(C(=O)[C@@H](O)[C@H](Cc2ccccc2)NC(=O)CC(C)NC(=O)OC(C)(C)C)CSC1(C)C. The van der Waals surface area contributed by atoms with E-state index in [0.717, 1.165) is 16.7 Å². The summed E-state index contributed by atoms with van der Waals surface area (Å²) in [5, 5.41) is 19.8. The van der Waals surface area contributed by atoms with Crippen molar-refractivity contribution in [2.75, 3.05) is 5.88 Å². The molecule has 0 radical (unpaired) electrons. The zero-order valence-electron chi connectivity index (χ0n) is 26.7. The number of carbonyl (C=O) groups is 4. The van der Waals surface area contributed by atoms with Gasteiger partial charge in [0.15, 0.2) is 6.10 Å². The second-order valence-corrected chi connectivity index (χ2v) is 14.4. The van der Waals surface area contributed by atoms with Gasteiger partial charge in [0.1, 0.15) is 11.6 Å². The molecule has 1 aliphatic rings. The molecule has 2 aromatic rings. The molecule has 2 aromatic carbocycles. The number of benzene rings is 2. The lowest BCUT2D eigenvalue weighted by Gasteiger charge is -2.33. The predicted molar refractivity (Wildman–Crippen MR) is 172 cm³/mol. The molecule has 44 heavy (non-hydrogen) atoms. The lowest BCUT2D eigenvalue weighted by molar-refractivity contribution is -0.147. The van der Waals surface area contributed by atoms with Crippen LogP contribution < -0.4 is 16.0 Å². The highest BCUT2D eigenvalue weighted by atomic mass is 32.2. The molecule has 10 nitrogen and oxygen atoms in total. The largest absolute Gasteiger partial charge is 0.444 e. The van der Waals surface area contributed by atoms with Gasteiger partial charge in [-0.1, -0.05) is 54.6 Å². The summed E-state index contributed by atoms with van der Waals surface area (Å²) in [6.07, 6.45) is -2.17. The van der Waals surface area contributed by atoms with E-state index in [9.17, 15) is 24.3 Å². The zero-order valence-corrected chi connectivity index (χ0v) is 27.5. The normalized spacial score (nSPS) is 18.1. The summed E-state index contributed by atoms with van der Waals surface area (Å²) in [6.45, 7) is 13.0. The third-order valence-electron chi connectivity index (χ3n) is 7.33. The fraction of sp³-hybridized carbons (Fsp3) is 0.515. The van der Waals surface area contributed by atoms with Crippen molar-refractivity contribution >= 4 is 35.6 Å². The van der Waals surface area contributed by atoms with Crippen LogP contribution in [0, 0.1) is 6.92 Å². The molecule has 4 amide bonds. The number of thioether (sulfide) groups is 1. The third-order valence-corrected chi connectivity index (χ3v) is 8.70. The molecule has 4 N–H and O–H groups in total. The number of rotatable bonds is 11. The Morgan fingerprint density at radius 3 is 2.32 bits per heavy atom. The van der Waals surface area contributed by atoms with E-state index in [1.807, 2.05) is 75.4 Å². The summed E-state index contributed by atoms with van der Waals surface area (Å²) < 4.78 is 4.66. The van der Waals surface area contributed by atoms with Gasteiger partial charge in [-0.3, -0.25) is 14.4 Å². The van der Waals surface area contributed by atoms with Gasteiger partial charge in [-0.25, -0.2) is 4.79 Å². The molecule has 0 bridgehead atoms. The average molecular weight is 627 g/mol. The standard InChI is InChI=1S/C33H46N4O6S/c1-21-13-11-12-16-24(21)19-34-29(40)28-33(6,7)44-20-37(28)30(41)27(39)25(18-23-14-9-8-10-15-23)36-26(38)17-22(2)35-31(42)43-32(3,4)5/h8-16,22,25,27-28,39H,17-20H2,1-7H3,(H,34,40)(H,35,42)(H,36,38)/t22?,25-,27-,28+/m0/s1. The van der Waals surface area contributed by atoms with E-state index in [1.54, 1.807) is 27.7 Å². The number of nitrogens with one attached hydrogen (secondary N) is 3. The Morgan fingerprint density at radius 2 is 1.68 bits per heavy atom. The van der Waals surface area contributed by atoms with Gasteiger partial charge >= 0.3 is 6.09 Å². The maximum absolute atomic E-state index is 13.8. The van der Waals surface area contributed by atoms with Gasteiger partial charge in [0.25, 0.3) is 5.91 Å². The van der Waals surface area contributed by atoms with Gasteiger partial charge in [0.2, 0.25) is 11.8 Å². The molecular formula is C33H46N4O6S. The van der Waals surface area contributed by atoms with Crippen LogP contribution in [0.4, 0.5) is 4.79 Å². The summed E-state index contributed by atoms with van der Waals surface area (Å²) in [5.41, 5.74) is 2.15. The summed E-state index contributed by atoms with van der Waals surface area (Å²) in [6, 6.07) is 14.6. The molecule has 1 fully saturated rings. The van der Waals surface area contributed by atoms with E-state index in [2.05, 4.69) is 16.0 Å². The van der Waals surface area contributed by atoms with Crippen LogP contribution in [0.15, 0.2) is 54.6 Å². The number of nitrogens with zero attached hydrogens (tertiary/aromatic N) is 1. The number of aliphatic hydroxyl groups is 1. The molecule has 0 spiro atoms. The molecule has 0 saturated carbocycles. The molecule has 11 heteroatoms. The number of aliphatic hydroxyl groups excluding tert-OH is 1. The Morgan fingerprint density at radius 1 is 1.05 bits per heavy atom. The number of amides is 4. The highest BCUT2D eigenvalue weighted by Gasteiger charge is 2.49. The first-order chi connectivity index (χ1) is 20.6. The fourth-order valence-electron chi connectivity index (χ4n) is 5.06. The predicted octanol–water partition coefficient (Wildman–Crippen LogP) is 3.68. The Kier molecular flexibility index (Phi) is 11.9. The molecule has 1 unspecified atom stereocenters. The Labute approximate surface area is 264 Å². The highest BCUT2D eigenvalue weighted by Crippen LogP contribution is 2.40.